The van der Waals surface area contributed by atoms with Crippen molar-refractivity contribution in [2.24, 2.45) is 11.8 Å². The van der Waals surface area contributed by atoms with Crippen LogP contribution in [0.15, 0.2) is 0 Å². The van der Waals surface area contributed by atoms with E-state index in [1.165, 1.54) is 12.8 Å². The van der Waals surface area contributed by atoms with Gasteiger partial charge in [0.25, 0.3) is 0 Å². The Morgan fingerprint density at radius 1 is 1.33 bits per heavy atom. The van der Waals surface area contributed by atoms with E-state index >= 15 is 0 Å². The van der Waals surface area contributed by atoms with E-state index in [9.17, 15) is 0 Å². The minimum Gasteiger partial charge on any atom is -0.269 e. The lowest BCUT2D eigenvalue weighted by Crippen LogP contribution is -2.45. The zero-order valence-corrected chi connectivity index (χ0v) is 6.30. The number of hydrogen-bond donors (Lipinski definition) is 1. The summed E-state index contributed by atoms with van der Waals surface area (Å²) in [5.74, 6) is 6.50. The van der Waals surface area contributed by atoms with Gasteiger partial charge in [0.15, 0.2) is 0 Å². The van der Waals surface area contributed by atoms with Crippen LogP contribution in [0, 0.1) is 5.92 Å². The third-order valence-electron chi connectivity index (χ3n) is 2.17. The Kier molecular flexibility index (Phi) is 2.09. The first-order valence-electron chi connectivity index (χ1n) is 3.71. The summed E-state index contributed by atoms with van der Waals surface area (Å²) in [5.41, 5.74) is 0. The molecule has 0 radical (unpaired) electrons. The molecule has 2 nitrogen and oxygen atoms in total. The van der Waals surface area contributed by atoms with Gasteiger partial charge in [-0.3, -0.25) is 5.84 Å². The first kappa shape index (κ1) is 7.03. The van der Waals surface area contributed by atoms with Crippen molar-refractivity contribution in [3.05, 3.63) is 0 Å². The summed E-state index contributed by atoms with van der Waals surface area (Å²) in [5, 5.41) is 1.95. The maximum absolute atomic E-state index is 5.70. The fraction of sp³-hybridized carbons (Fsp3) is 1.00. The van der Waals surface area contributed by atoms with Crippen molar-refractivity contribution in [3.8, 4) is 0 Å². The maximum Gasteiger partial charge on any atom is 0.0213 e. The Hall–Kier alpha value is -0.0800. The van der Waals surface area contributed by atoms with E-state index in [4.69, 9.17) is 5.84 Å². The van der Waals surface area contributed by atoms with E-state index in [0.29, 0.717) is 6.04 Å². The third-order valence-corrected chi connectivity index (χ3v) is 2.17. The minimum absolute atomic E-state index is 0.598. The van der Waals surface area contributed by atoms with Crippen LogP contribution < -0.4 is 5.84 Å². The summed E-state index contributed by atoms with van der Waals surface area (Å²) in [6.45, 7) is 5.51. The maximum atomic E-state index is 5.70. The molecule has 0 bridgehead atoms. The number of piperidine rings is 1. The average molecular weight is 128 g/mol. The lowest BCUT2D eigenvalue weighted by atomic mass is 9.97. The van der Waals surface area contributed by atoms with Gasteiger partial charge in [-0.1, -0.05) is 6.92 Å². The van der Waals surface area contributed by atoms with Crippen molar-refractivity contribution < 1.29 is 0 Å². The molecule has 2 N–H and O–H groups in total. The summed E-state index contributed by atoms with van der Waals surface area (Å²) in [7, 11) is 0. The Morgan fingerprint density at radius 2 is 2.00 bits per heavy atom. The number of nitrogens with two attached hydrogens (primary N) is 1. The van der Waals surface area contributed by atoms with Crippen molar-refractivity contribution >= 4 is 0 Å². The summed E-state index contributed by atoms with van der Waals surface area (Å²) in [4.78, 5) is 0. The first-order valence-corrected chi connectivity index (χ1v) is 3.71. The highest BCUT2D eigenvalue weighted by molar-refractivity contribution is 4.72. The zero-order chi connectivity index (χ0) is 6.85. The van der Waals surface area contributed by atoms with E-state index in [0.717, 1.165) is 12.5 Å². The molecule has 0 aromatic carbocycles. The molecule has 0 aromatic heterocycles. The SMILES string of the molecule is CC1CCC(C)N(N)C1. The molecule has 0 amide bonds. The van der Waals surface area contributed by atoms with E-state index < -0.39 is 0 Å². The van der Waals surface area contributed by atoms with Gasteiger partial charge in [-0.2, -0.15) is 0 Å². The second-order valence-electron chi connectivity index (χ2n) is 3.23. The Labute approximate surface area is 57.0 Å². The fourth-order valence-electron chi connectivity index (χ4n) is 1.32. The van der Waals surface area contributed by atoms with Gasteiger partial charge < -0.3 is 0 Å². The van der Waals surface area contributed by atoms with Crippen LogP contribution in [0.5, 0.6) is 0 Å². The standard InChI is InChI=1S/C7H16N2/c1-6-3-4-7(2)9(8)5-6/h6-7H,3-5,8H2,1-2H3. The second-order valence-corrected chi connectivity index (χ2v) is 3.23. The van der Waals surface area contributed by atoms with Crippen LogP contribution >= 0.6 is 0 Å². The molecule has 1 aliphatic heterocycles. The largest absolute Gasteiger partial charge is 0.269 e. The molecule has 2 atom stereocenters. The predicted octanol–water partition coefficient (Wildman–Crippen LogP) is 0.980. The molecule has 1 rings (SSSR count). The quantitative estimate of drug-likeness (QED) is 0.493. The van der Waals surface area contributed by atoms with Gasteiger partial charge in [-0.25, -0.2) is 5.01 Å². The zero-order valence-electron chi connectivity index (χ0n) is 6.30. The lowest BCUT2D eigenvalue weighted by Gasteiger charge is -2.32. The molecule has 0 spiro atoms. The number of hydrazine groups is 1. The second kappa shape index (κ2) is 2.67. The summed E-state index contributed by atoms with van der Waals surface area (Å²) >= 11 is 0. The molecule has 0 aliphatic carbocycles. The van der Waals surface area contributed by atoms with Gasteiger partial charge in [-0.05, 0) is 25.7 Å². The smallest absolute Gasteiger partial charge is 0.0213 e. The third kappa shape index (κ3) is 1.66. The van der Waals surface area contributed by atoms with E-state index in [1.807, 2.05) is 5.01 Å². The van der Waals surface area contributed by atoms with Gasteiger partial charge in [0, 0.05) is 12.6 Å². The predicted molar refractivity (Wildman–Crippen MR) is 38.8 cm³/mol. The molecule has 2 heteroatoms. The topological polar surface area (TPSA) is 29.3 Å². The first-order chi connectivity index (χ1) is 4.20. The van der Waals surface area contributed by atoms with E-state index in [1.54, 1.807) is 0 Å². The number of hydrogen-bond acceptors (Lipinski definition) is 2. The highest BCUT2D eigenvalue weighted by Crippen LogP contribution is 2.17. The molecule has 9 heavy (non-hydrogen) atoms. The van der Waals surface area contributed by atoms with Crippen molar-refractivity contribution in [1.82, 2.24) is 5.01 Å². The van der Waals surface area contributed by atoms with Crippen molar-refractivity contribution in [2.45, 2.75) is 32.7 Å². The molecule has 1 heterocycles. The van der Waals surface area contributed by atoms with Crippen LogP contribution in [-0.4, -0.2) is 17.6 Å². The van der Waals surface area contributed by atoms with Crippen LogP contribution in [0.2, 0.25) is 0 Å². The molecule has 1 fully saturated rings. The normalized spacial score (nSPS) is 39.0. The van der Waals surface area contributed by atoms with Gasteiger partial charge in [0.1, 0.15) is 0 Å². The van der Waals surface area contributed by atoms with Crippen molar-refractivity contribution in [1.29, 1.82) is 0 Å². The van der Waals surface area contributed by atoms with Gasteiger partial charge >= 0.3 is 0 Å². The Bertz CT molecular complexity index is 92.9. The number of rotatable bonds is 0. The van der Waals surface area contributed by atoms with Crippen LogP contribution in [0.1, 0.15) is 26.7 Å². The molecule has 1 aliphatic rings. The Morgan fingerprint density at radius 3 is 2.44 bits per heavy atom. The van der Waals surface area contributed by atoms with Crippen LogP contribution in [-0.2, 0) is 0 Å². The van der Waals surface area contributed by atoms with Crippen LogP contribution in [0.3, 0.4) is 0 Å². The van der Waals surface area contributed by atoms with E-state index in [-0.39, 0.29) is 0 Å². The van der Waals surface area contributed by atoms with Crippen LogP contribution in [0.25, 0.3) is 0 Å². The molecule has 1 saturated heterocycles. The molecule has 2 unspecified atom stereocenters. The van der Waals surface area contributed by atoms with Crippen LogP contribution in [0.4, 0.5) is 0 Å². The van der Waals surface area contributed by atoms with Gasteiger partial charge in [-0.15, -0.1) is 0 Å². The fourth-order valence-corrected chi connectivity index (χ4v) is 1.32. The average Bonchev–Trinajstić information content (AvgIpc) is 1.80. The summed E-state index contributed by atoms with van der Waals surface area (Å²) in [6.07, 6.45) is 2.60. The summed E-state index contributed by atoms with van der Waals surface area (Å²) < 4.78 is 0. The minimum atomic E-state index is 0.598. The molecular weight excluding hydrogens is 112 g/mol. The molecular formula is C7H16N2. The van der Waals surface area contributed by atoms with Gasteiger partial charge in [0.2, 0.25) is 0 Å². The Balaban J connectivity index is 2.35. The summed E-state index contributed by atoms with van der Waals surface area (Å²) in [6, 6.07) is 0.598. The molecule has 54 valence electrons. The lowest BCUT2D eigenvalue weighted by molar-refractivity contribution is 0.127. The van der Waals surface area contributed by atoms with Crippen molar-refractivity contribution in [2.75, 3.05) is 6.54 Å². The highest BCUT2D eigenvalue weighted by atomic mass is 15.4. The molecule has 0 aromatic rings. The van der Waals surface area contributed by atoms with E-state index in [2.05, 4.69) is 13.8 Å². The van der Waals surface area contributed by atoms with Crippen molar-refractivity contribution in [3.63, 3.8) is 0 Å². The number of nitrogens with zero attached hydrogens (tertiary/aromatic N) is 1. The molecule has 0 saturated carbocycles. The monoisotopic (exact) mass is 128 g/mol. The van der Waals surface area contributed by atoms with Gasteiger partial charge in [0.05, 0.1) is 0 Å². The highest BCUT2D eigenvalue weighted by Gasteiger charge is 2.19.